The highest BCUT2D eigenvalue weighted by Crippen LogP contribution is 2.31. The Morgan fingerprint density at radius 1 is 1.17 bits per heavy atom. The lowest BCUT2D eigenvalue weighted by atomic mass is 10.0. The minimum absolute atomic E-state index is 0.00384. The van der Waals surface area contributed by atoms with Crippen molar-refractivity contribution in [3.8, 4) is 0 Å². The lowest BCUT2D eigenvalue weighted by molar-refractivity contribution is 1.08. The summed E-state index contributed by atoms with van der Waals surface area (Å²) in [5.74, 6) is -0.133. The van der Waals surface area contributed by atoms with Gasteiger partial charge in [0, 0.05) is 0 Å². The van der Waals surface area contributed by atoms with Crippen molar-refractivity contribution in [2.24, 2.45) is 27.2 Å². The highest BCUT2D eigenvalue weighted by Gasteiger charge is 2.08. The number of rotatable bonds is 3. The Labute approximate surface area is 112 Å². The van der Waals surface area contributed by atoms with Gasteiger partial charge < -0.3 is 17.2 Å². The summed E-state index contributed by atoms with van der Waals surface area (Å²) < 4.78 is 0. The van der Waals surface area contributed by atoms with E-state index in [9.17, 15) is 0 Å². The molecule has 6 heteroatoms. The van der Waals surface area contributed by atoms with Crippen LogP contribution in [0.4, 0.5) is 5.69 Å². The van der Waals surface area contributed by atoms with Gasteiger partial charge in [-0.05, 0) is 30.0 Å². The molecule has 0 spiro atoms. The fourth-order valence-electron chi connectivity index (χ4n) is 1.59. The number of guanidine groups is 2. The Bertz CT molecular complexity index is 489. The monoisotopic (exact) mass is 267 g/mol. The summed E-state index contributed by atoms with van der Waals surface area (Å²) in [5, 5.41) is 0.556. The molecule has 0 heterocycles. The first-order chi connectivity index (χ1) is 8.47. The van der Waals surface area contributed by atoms with Crippen LogP contribution >= 0.6 is 11.6 Å². The zero-order chi connectivity index (χ0) is 13.7. The Morgan fingerprint density at radius 2 is 1.83 bits per heavy atom. The molecule has 0 atom stereocenters. The van der Waals surface area contributed by atoms with Crippen molar-refractivity contribution >= 4 is 29.2 Å². The van der Waals surface area contributed by atoms with Crippen molar-refractivity contribution in [3.05, 3.63) is 28.3 Å². The number of hydrogen-bond donors (Lipinski definition) is 3. The molecule has 0 amide bonds. The van der Waals surface area contributed by atoms with Crippen LogP contribution in [0, 0.1) is 0 Å². The van der Waals surface area contributed by atoms with Crippen LogP contribution in [0.2, 0.25) is 5.02 Å². The van der Waals surface area contributed by atoms with Gasteiger partial charge in [-0.1, -0.05) is 31.5 Å². The van der Waals surface area contributed by atoms with E-state index in [0.29, 0.717) is 10.7 Å². The highest BCUT2D eigenvalue weighted by atomic mass is 35.5. The van der Waals surface area contributed by atoms with E-state index < -0.39 is 0 Å². The van der Waals surface area contributed by atoms with Gasteiger partial charge in [0.1, 0.15) is 0 Å². The Morgan fingerprint density at radius 3 is 2.33 bits per heavy atom. The number of aliphatic imine (C=N–C) groups is 2. The third-order valence-corrected chi connectivity index (χ3v) is 2.75. The van der Waals surface area contributed by atoms with Crippen molar-refractivity contribution in [3.63, 3.8) is 0 Å². The molecule has 0 aliphatic rings. The molecular formula is C12H18ClN5. The molecule has 1 rings (SSSR count). The van der Waals surface area contributed by atoms with Gasteiger partial charge in [-0.25, -0.2) is 4.99 Å². The van der Waals surface area contributed by atoms with Crippen molar-refractivity contribution in [2.45, 2.75) is 26.7 Å². The maximum absolute atomic E-state index is 6.20. The van der Waals surface area contributed by atoms with Crippen LogP contribution in [0.5, 0.6) is 0 Å². The molecule has 0 fully saturated rings. The van der Waals surface area contributed by atoms with E-state index in [0.717, 1.165) is 24.0 Å². The van der Waals surface area contributed by atoms with E-state index >= 15 is 0 Å². The second-order valence-electron chi connectivity index (χ2n) is 3.80. The van der Waals surface area contributed by atoms with Gasteiger partial charge in [0.05, 0.1) is 10.7 Å². The number of nitrogens with zero attached hydrogens (tertiary/aromatic N) is 2. The van der Waals surface area contributed by atoms with Crippen LogP contribution in [0.15, 0.2) is 22.1 Å². The number of nitrogens with two attached hydrogens (primary N) is 3. The lowest BCUT2D eigenvalue weighted by Gasteiger charge is -2.08. The van der Waals surface area contributed by atoms with E-state index in [4.69, 9.17) is 28.8 Å². The minimum atomic E-state index is -0.129. The zero-order valence-corrected chi connectivity index (χ0v) is 11.3. The third kappa shape index (κ3) is 3.63. The van der Waals surface area contributed by atoms with E-state index in [1.54, 1.807) is 0 Å². The Kier molecular flexibility index (Phi) is 4.97. The average Bonchev–Trinajstić information content (AvgIpc) is 2.30. The number of aryl methyl sites for hydroxylation is 2. The molecule has 18 heavy (non-hydrogen) atoms. The van der Waals surface area contributed by atoms with Crippen LogP contribution < -0.4 is 17.2 Å². The summed E-state index contributed by atoms with van der Waals surface area (Å²) in [6.07, 6.45) is 1.72. The SMILES string of the molecule is CCc1cc(Cl)c(N=C(N)N=C(N)N)c(CC)c1. The fraction of sp³-hybridized carbons (Fsp3) is 0.333. The van der Waals surface area contributed by atoms with Gasteiger partial charge in [0.15, 0.2) is 5.96 Å². The number of hydrogen-bond acceptors (Lipinski definition) is 1. The predicted octanol–water partition coefficient (Wildman–Crippen LogP) is 1.68. The number of benzene rings is 1. The predicted molar refractivity (Wildman–Crippen MR) is 77.3 cm³/mol. The number of halogens is 1. The normalized spacial score (nSPS) is 11.4. The van der Waals surface area contributed by atoms with Crippen molar-refractivity contribution in [1.82, 2.24) is 0 Å². The van der Waals surface area contributed by atoms with Gasteiger partial charge in [-0.3, -0.25) is 0 Å². The van der Waals surface area contributed by atoms with Crippen LogP contribution in [0.25, 0.3) is 0 Å². The van der Waals surface area contributed by atoms with Crippen LogP contribution in [0.3, 0.4) is 0 Å². The van der Waals surface area contributed by atoms with Gasteiger partial charge >= 0.3 is 0 Å². The van der Waals surface area contributed by atoms with Crippen molar-refractivity contribution in [2.75, 3.05) is 0 Å². The molecule has 1 aromatic rings. The van der Waals surface area contributed by atoms with E-state index in [-0.39, 0.29) is 11.9 Å². The van der Waals surface area contributed by atoms with Crippen LogP contribution in [-0.2, 0) is 12.8 Å². The van der Waals surface area contributed by atoms with Crippen LogP contribution in [0.1, 0.15) is 25.0 Å². The summed E-state index contributed by atoms with van der Waals surface area (Å²) in [4.78, 5) is 7.83. The molecule has 6 N–H and O–H groups in total. The van der Waals surface area contributed by atoms with Gasteiger partial charge in [0.25, 0.3) is 0 Å². The molecule has 98 valence electrons. The fourth-order valence-corrected chi connectivity index (χ4v) is 1.89. The van der Waals surface area contributed by atoms with E-state index in [2.05, 4.69) is 23.0 Å². The zero-order valence-electron chi connectivity index (χ0n) is 10.6. The molecular weight excluding hydrogens is 250 g/mol. The molecule has 0 bridgehead atoms. The Hall–Kier alpha value is -1.75. The lowest BCUT2D eigenvalue weighted by Crippen LogP contribution is -2.26. The third-order valence-electron chi connectivity index (χ3n) is 2.46. The maximum Gasteiger partial charge on any atom is 0.223 e. The molecule has 5 nitrogen and oxygen atoms in total. The molecule has 0 saturated carbocycles. The molecule has 0 radical (unpaired) electrons. The van der Waals surface area contributed by atoms with Gasteiger partial charge in [0.2, 0.25) is 5.96 Å². The summed E-state index contributed by atoms with van der Waals surface area (Å²) in [7, 11) is 0. The first-order valence-electron chi connectivity index (χ1n) is 5.73. The molecule has 0 aliphatic carbocycles. The molecule has 0 saturated heterocycles. The van der Waals surface area contributed by atoms with Crippen LogP contribution in [-0.4, -0.2) is 11.9 Å². The second kappa shape index (κ2) is 6.26. The largest absolute Gasteiger partial charge is 0.370 e. The second-order valence-corrected chi connectivity index (χ2v) is 4.21. The van der Waals surface area contributed by atoms with Crippen molar-refractivity contribution < 1.29 is 0 Å². The molecule has 1 aromatic carbocycles. The smallest absolute Gasteiger partial charge is 0.223 e. The van der Waals surface area contributed by atoms with E-state index in [1.165, 1.54) is 0 Å². The summed E-state index contributed by atoms with van der Waals surface area (Å²) in [6.45, 7) is 4.10. The molecule has 0 aliphatic heterocycles. The first kappa shape index (κ1) is 14.3. The average molecular weight is 268 g/mol. The summed E-state index contributed by atoms with van der Waals surface area (Å²) in [5.41, 5.74) is 18.9. The standard InChI is InChI=1S/C12H18ClN5/c1-3-7-5-8(4-2)10(9(13)6-7)17-12(16)18-11(14)15/h5-6H,3-4H2,1-2H3,(H6,14,15,16,17,18). The van der Waals surface area contributed by atoms with E-state index in [1.807, 2.05) is 13.0 Å². The summed E-state index contributed by atoms with van der Waals surface area (Å²) >= 11 is 6.20. The van der Waals surface area contributed by atoms with Gasteiger partial charge in [-0.2, -0.15) is 4.99 Å². The maximum atomic E-state index is 6.20. The van der Waals surface area contributed by atoms with Gasteiger partial charge in [-0.15, -0.1) is 0 Å². The molecule has 0 aromatic heterocycles. The summed E-state index contributed by atoms with van der Waals surface area (Å²) in [6, 6.07) is 3.94. The van der Waals surface area contributed by atoms with Crippen molar-refractivity contribution in [1.29, 1.82) is 0 Å². The topological polar surface area (TPSA) is 103 Å². The quantitative estimate of drug-likeness (QED) is 0.573. The molecule has 0 unspecified atom stereocenters. The minimum Gasteiger partial charge on any atom is -0.370 e. The Balaban J connectivity index is 3.28. The highest BCUT2D eigenvalue weighted by molar-refractivity contribution is 6.33. The first-order valence-corrected chi connectivity index (χ1v) is 6.10.